The number of esters is 1. The van der Waals surface area contributed by atoms with E-state index in [9.17, 15) is 4.79 Å². The number of carbonyl (C=O) groups is 1. The van der Waals surface area contributed by atoms with Crippen molar-refractivity contribution in [1.29, 1.82) is 0 Å². The van der Waals surface area contributed by atoms with E-state index in [2.05, 4.69) is 9.97 Å². The van der Waals surface area contributed by atoms with Gasteiger partial charge in [-0.25, -0.2) is 4.98 Å². The predicted octanol–water partition coefficient (Wildman–Crippen LogP) is 1.91. The van der Waals surface area contributed by atoms with Crippen molar-refractivity contribution in [2.75, 3.05) is 0 Å². The summed E-state index contributed by atoms with van der Waals surface area (Å²) in [7, 11) is 0. The number of halogens is 1. The Kier molecular flexibility index (Phi) is 3.09. The molecule has 0 saturated carbocycles. The van der Waals surface area contributed by atoms with Gasteiger partial charge in [0, 0.05) is 24.6 Å². The number of hydrogen-bond donors (Lipinski definition) is 1. The van der Waals surface area contributed by atoms with Crippen molar-refractivity contribution in [1.82, 2.24) is 9.97 Å². The number of aromatic nitrogens is 2. The maximum atomic E-state index is 10.6. The summed E-state index contributed by atoms with van der Waals surface area (Å²) in [5, 5.41) is 0.929. The van der Waals surface area contributed by atoms with Crippen LogP contribution in [0.2, 0.25) is 0 Å². The largest absolute Gasteiger partial charge is 0.410 e. The fourth-order valence-electron chi connectivity index (χ4n) is 1.14. The highest BCUT2D eigenvalue weighted by Gasteiger charge is 2.02. The SMILES string of the molecule is CC(=O)Oc1cc2cccnc2[nH]1.Cl. The summed E-state index contributed by atoms with van der Waals surface area (Å²) < 4.78 is 4.86. The minimum atomic E-state index is -0.341. The van der Waals surface area contributed by atoms with E-state index >= 15 is 0 Å². The lowest BCUT2D eigenvalue weighted by Gasteiger charge is -1.93. The minimum absolute atomic E-state index is 0. The topological polar surface area (TPSA) is 55.0 Å². The summed E-state index contributed by atoms with van der Waals surface area (Å²) in [6, 6.07) is 5.46. The fraction of sp³-hybridized carbons (Fsp3) is 0.111. The molecular weight excluding hydrogens is 204 g/mol. The molecule has 0 spiro atoms. The number of fused-ring (bicyclic) bond motifs is 1. The summed E-state index contributed by atoms with van der Waals surface area (Å²) in [6.07, 6.45) is 1.68. The average molecular weight is 213 g/mol. The van der Waals surface area contributed by atoms with E-state index in [1.54, 1.807) is 12.3 Å². The Morgan fingerprint density at radius 2 is 2.36 bits per heavy atom. The first-order valence-electron chi connectivity index (χ1n) is 3.88. The first-order valence-corrected chi connectivity index (χ1v) is 3.88. The first-order chi connectivity index (χ1) is 6.25. The van der Waals surface area contributed by atoms with Gasteiger partial charge in [0.05, 0.1) is 0 Å². The van der Waals surface area contributed by atoms with Crippen molar-refractivity contribution < 1.29 is 9.53 Å². The first kappa shape index (κ1) is 10.5. The van der Waals surface area contributed by atoms with Crippen LogP contribution >= 0.6 is 12.4 Å². The van der Waals surface area contributed by atoms with Crippen LogP contribution < -0.4 is 4.74 Å². The van der Waals surface area contributed by atoms with Gasteiger partial charge < -0.3 is 9.72 Å². The number of H-pyrrole nitrogens is 1. The molecule has 0 aliphatic carbocycles. The molecule has 2 rings (SSSR count). The molecule has 14 heavy (non-hydrogen) atoms. The third kappa shape index (κ3) is 2.03. The van der Waals surface area contributed by atoms with Gasteiger partial charge in [-0.05, 0) is 12.1 Å². The Balaban J connectivity index is 0.000000980. The molecule has 5 heteroatoms. The van der Waals surface area contributed by atoms with Gasteiger partial charge in [0.15, 0.2) is 0 Å². The van der Waals surface area contributed by atoms with E-state index in [0.717, 1.165) is 11.0 Å². The van der Waals surface area contributed by atoms with Crippen molar-refractivity contribution in [3.05, 3.63) is 24.4 Å². The maximum Gasteiger partial charge on any atom is 0.309 e. The Morgan fingerprint density at radius 3 is 3.00 bits per heavy atom. The molecule has 0 unspecified atom stereocenters. The molecule has 2 aromatic heterocycles. The number of hydrogen-bond acceptors (Lipinski definition) is 3. The molecule has 74 valence electrons. The number of nitrogens with zero attached hydrogens (tertiary/aromatic N) is 1. The molecule has 0 amide bonds. The van der Waals surface area contributed by atoms with Crippen LogP contribution in [0.25, 0.3) is 11.0 Å². The average Bonchev–Trinajstić information content (AvgIpc) is 2.44. The van der Waals surface area contributed by atoms with Crippen molar-refractivity contribution in [3.63, 3.8) is 0 Å². The standard InChI is InChI=1S/C9H8N2O2.ClH/c1-6(12)13-8-5-7-3-2-4-10-9(7)11-8;/h2-5H,1H3,(H,10,11);1H. The second-order valence-electron chi connectivity index (χ2n) is 2.67. The number of aromatic amines is 1. The number of ether oxygens (including phenoxy) is 1. The molecule has 2 heterocycles. The Bertz CT molecular complexity index is 420. The summed E-state index contributed by atoms with van der Waals surface area (Å²) in [4.78, 5) is 17.6. The molecular formula is C9H9ClN2O2. The third-order valence-corrected chi connectivity index (χ3v) is 1.62. The van der Waals surface area contributed by atoms with E-state index in [0.29, 0.717) is 5.88 Å². The normalized spacial score (nSPS) is 9.50. The van der Waals surface area contributed by atoms with Crippen LogP contribution in [0, 0.1) is 0 Å². The van der Waals surface area contributed by atoms with Crippen LogP contribution in [0.15, 0.2) is 24.4 Å². The maximum absolute atomic E-state index is 10.6. The van der Waals surface area contributed by atoms with Crippen molar-refractivity contribution >= 4 is 29.4 Å². The van der Waals surface area contributed by atoms with Gasteiger partial charge in [0.1, 0.15) is 5.65 Å². The lowest BCUT2D eigenvalue weighted by molar-refractivity contribution is -0.132. The molecule has 1 N–H and O–H groups in total. The molecule has 2 aromatic rings. The monoisotopic (exact) mass is 212 g/mol. The highest BCUT2D eigenvalue weighted by molar-refractivity contribution is 5.85. The lowest BCUT2D eigenvalue weighted by atomic mass is 10.3. The Hall–Kier alpha value is -1.55. The molecule has 0 atom stereocenters. The van der Waals surface area contributed by atoms with Gasteiger partial charge in [-0.15, -0.1) is 12.4 Å². The molecule has 0 radical (unpaired) electrons. The van der Waals surface area contributed by atoms with Crippen LogP contribution in [-0.2, 0) is 4.79 Å². The van der Waals surface area contributed by atoms with Crippen LogP contribution in [0.4, 0.5) is 0 Å². The minimum Gasteiger partial charge on any atom is -0.410 e. The molecule has 0 bridgehead atoms. The number of nitrogens with one attached hydrogen (secondary N) is 1. The van der Waals surface area contributed by atoms with Gasteiger partial charge in [0.25, 0.3) is 0 Å². The molecule has 0 aliphatic heterocycles. The zero-order valence-corrected chi connectivity index (χ0v) is 8.30. The van der Waals surface area contributed by atoms with Crippen LogP contribution in [0.1, 0.15) is 6.92 Å². The summed E-state index contributed by atoms with van der Waals surface area (Å²) in [5.74, 6) is 0.0905. The van der Waals surface area contributed by atoms with Gasteiger partial charge in [-0.1, -0.05) is 0 Å². The summed E-state index contributed by atoms with van der Waals surface area (Å²) >= 11 is 0. The Morgan fingerprint density at radius 1 is 1.57 bits per heavy atom. The smallest absolute Gasteiger partial charge is 0.309 e. The summed E-state index contributed by atoms with van der Waals surface area (Å²) in [5.41, 5.74) is 0.721. The fourth-order valence-corrected chi connectivity index (χ4v) is 1.14. The lowest BCUT2D eigenvalue weighted by Crippen LogP contribution is -2.00. The second-order valence-corrected chi connectivity index (χ2v) is 2.67. The van der Waals surface area contributed by atoms with Crippen LogP contribution in [-0.4, -0.2) is 15.9 Å². The molecule has 0 aromatic carbocycles. The number of carbonyl (C=O) groups excluding carboxylic acids is 1. The van der Waals surface area contributed by atoms with Gasteiger partial charge in [-0.3, -0.25) is 4.79 Å². The van der Waals surface area contributed by atoms with E-state index in [1.165, 1.54) is 6.92 Å². The van der Waals surface area contributed by atoms with Gasteiger partial charge >= 0.3 is 5.97 Å². The third-order valence-electron chi connectivity index (χ3n) is 1.62. The molecule has 0 aliphatic rings. The van der Waals surface area contributed by atoms with E-state index < -0.39 is 0 Å². The van der Waals surface area contributed by atoms with Crippen LogP contribution in [0.5, 0.6) is 5.88 Å². The summed E-state index contributed by atoms with van der Waals surface area (Å²) in [6.45, 7) is 1.36. The second kappa shape index (κ2) is 4.11. The van der Waals surface area contributed by atoms with E-state index in [1.807, 2.05) is 12.1 Å². The van der Waals surface area contributed by atoms with Crippen LogP contribution in [0.3, 0.4) is 0 Å². The van der Waals surface area contributed by atoms with Gasteiger partial charge in [0.2, 0.25) is 5.88 Å². The van der Waals surface area contributed by atoms with Crippen molar-refractivity contribution in [2.45, 2.75) is 6.92 Å². The highest BCUT2D eigenvalue weighted by atomic mass is 35.5. The zero-order chi connectivity index (χ0) is 9.26. The number of pyridine rings is 1. The quantitative estimate of drug-likeness (QED) is 0.735. The van der Waals surface area contributed by atoms with E-state index in [-0.39, 0.29) is 18.4 Å². The molecule has 4 nitrogen and oxygen atoms in total. The zero-order valence-electron chi connectivity index (χ0n) is 7.48. The van der Waals surface area contributed by atoms with E-state index in [4.69, 9.17) is 4.74 Å². The van der Waals surface area contributed by atoms with Crippen molar-refractivity contribution in [2.24, 2.45) is 0 Å². The molecule has 0 fully saturated rings. The molecule has 0 saturated heterocycles. The predicted molar refractivity (Wildman–Crippen MR) is 54.7 cm³/mol. The number of rotatable bonds is 1. The Labute approximate surface area is 86.7 Å². The van der Waals surface area contributed by atoms with Gasteiger partial charge in [-0.2, -0.15) is 0 Å². The highest BCUT2D eigenvalue weighted by Crippen LogP contribution is 2.17. The van der Waals surface area contributed by atoms with Crippen molar-refractivity contribution in [3.8, 4) is 5.88 Å².